The largest absolute Gasteiger partial charge is 0.495 e. The fraction of sp³-hybridized carbons (Fsp3) is 0.222. The first kappa shape index (κ1) is 18.6. The second-order valence-corrected chi connectivity index (χ2v) is 5.76. The molecule has 0 aliphatic carbocycles. The molecule has 3 N–H and O–H groups in total. The first-order valence-corrected chi connectivity index (χ1v) is 8.10. The fourth-order valence-corrected chi connectivity index (χ4v) is 2.36. The highest BCUT2D eigenvalue weighted by Gasteiger charge is 2.08. The highest BCUT2D eigenvalue weighted by molar-refractivity contribution is 6.31. The molecule has 0 saturated heterocycles. The monoisotopic (exact) mass is 361 g/mol. The van der Waals surface area contributed by atoms with Gasteiger partial charge in [0.1, 0.15) is 5.75 Å². The first-order valence-electron chi connectivity index (χ1n) is 7.73. The number of benzene rings is 2. The zero-order valence-corrected chi connectivity index (χ0v) is 14.8. The number of anilines is 3. The Kier molecular flexibility index (Phi) is 6.65. The maximum Gasteiger partial charge on any atom is 0.226 e. The molecule has 0 bridgehead atoms. The molecule has 25 heavy (non-hydrogen) atoms. The summed E-state index contributed by atoms with van der Waals surface area (Å²) in [6.07, 6.45) is 0.281. The Balaban J connectivity index is 1.82. The van der Waals surface area contributed by atoms with Gasteiger partial charge in [-0.1, -0.05) is 11.6 Å². The third-order valence-corrected chi connectivity index (χ3v) is 3.56. The quantitative estimate of drug-likeness (QED) is 0.701. The van der Waals surface area contributed by atoms with Crippen LogP contribution in [0.4, 0.5) is 17.1 Å². The van der Waals surface area contributed by atoms with Gasteiger partial charge in [-0.05, 0) is 42.5 Å². The Morgan fingerprint density at radius 1 is 1.04 bits per heavy atom. The van der Waals surface area contributed by atoms with E-state index in [1.165, 1.54) is 14.0 Å². The van der Waals surface area contributed by atoms with Crippen molar-refractivity contribution in [3.05, 3.63) is 47.5 Å². The standard InChI is InChI=1S/C18H20ClN3O3/c1-12(23)21-15-6-4-14(5-7-15)20-10-9-18(24)22-16-11-13(19)3-8-17(16)25-2/h3-8,11,20H,9-10H2,1-2H3,(H,21,23)(H,22,24). The molecule has 0 aromatic heterocycles. The van der Waals surface area contributed by atoms with Crippen LogP contribution in [0.2, 0.25) is 5.02 Å². The summed E-state index contributed by atoms with van der Waals surface area (Å²) in [6.45, 7) is 1.92. The Labute approximate surface area is 151 Å². The smallest absolute Gasteiger partial charge is 0.226 e. The van der Waals surface area contributed by atoms with Crippen LogP contribution in [0.3, 0.4) is 0 Å². The molecule has 0 spiro atoms. The number of ether oxygens (including phenoxy) is 1. The van der Waals surface area contributed by atoms with Crippen LogP contribution in [-0.4, -0.2) is 25.5 Å². The third-order valence-electron chi connectivity index (χ3n) is 3.32. The summed E-state index contributed by atoms with van der Waals surface area (Å²) in [4.78, 5) is 23.0. The van der Waals surface area contributed by atoms with Crippen LogP contribution in [0.1, 0.15) is 13.3 Å². The SMILES string of the molecule is COc1ccc(Cl)cc1NC(=O)CCNc1ccc(NC(C)=O)cc1. The average molecular weight is 362 g/mol. The van der Waals surface area contributed by atoms with Crippen molar-refractivity contribution in [1.29, 1.82) is 0 Å². The predicted octanol–water partition coefficient (Wildman–Crippen LogP) is 3.75. The lowest BCUT2D eigenvalue weighted by Crippen LogP contribution is -2.16. The van der Waals surface area contributed by atoms with Crippen LogP contribution in [0.15, 0.2) is 42.5 Å². The molecule has 2 aromatic carbocycles. The molecular formula is C18H20ClN3O3. The molecule has 0 radical (unpaired) electrons. The van der Waals surface area contributed by atoms with Gasteiger partial charge < -0.3 is 20.7 Å². The fourth-order valence-electron chi connectivity index (χ4n) is 2.19. The number of hydrogen-bond acceptors (Lipinski definition) is 4. The molecule has 0 unspecified atom stereocenters. The van der Waals surface area contributed by atoms with Crippen LogP contribution in [-0.2, 0) is 9.59 Å². The van der Waals surface area contributed by atoms with Gasteiger partial charge in [0, 0.05) is 36.3 Å². The Morgan fingerprint density at radius 3 is 2.36 bits per heavy atom. The summed E-state index contributed by atoms with van der Waals surface area (Å²) in [6, 6.07) is 12.3. The number of halogens is 1. The van der Waals surface area contributed by atoms with Crippen LogP contribution in [0.5, 0.6) is 5.75 Å². The van der Waals surface area contributed by atoms with Crippen LogP contribution in [0, 0.1) is 0 Å². The summed E-state index contributed by atoms with van der Waals surface area (Å²) in [5.41, 5.74) is 2.13. The normalized spacial score (nSPS) is 10.0. The van der Waals surface area contributed by atoms with E-state index in [-0.39, 0.29) is 18.2 Å². The van der Waals surface area contributed by atoms with E-state index in [2.05, 4.69) is 16.0 Å². The van der Waals surface area contributed by atoms with Gasteiger partial charge in [-0.25, -0.2) is 0 Å². The van der Waals surface area contributed by atoms with Crippen molar-refractivity contribution < 1.29 is 14.3 Å². The van der Waals surface area contributed by atoms with E-state index in [9.17, 15) is 9.59 Å². The van der Waals surface area contributed by atoms with Crippen molar-refractivity contribution in [2.24, 2.45) is 0 Å². The number of methoxy groups -OCH3 is 1. The molecular weight excluding hydrogens is 342 g/mol. The molecule has 0 aliphatic heterocycles. The highest BCUT2D eigenvalue weighted by atomic mass is 35.5. The van der Waals surface area contributed by atoms with Crippen molar-refractivity contribution in [3.8, 4) is 5.75 Å². The third kappa shape index (κ3) is 6.00. The van der Waals surface area contributed by atoms with Crippen molar-refractivity contribution in [2.45, 2.75) is 13.3 Å². The molecule has 132 valence electrons. The second-order valence-electron chi connectivity index (χ2n) is 5.33. The van der Waals surface area contributed by atoms with E-state index in [1.807, 2.05) is 12.1 Å². The van der Waals surface area contributed by atoms with E-state index in [1.54, 1.807) is 30.3 Å². The van der Waals surface area contributed by atoms with Gasteiger partial charge in [0.25, 0.3) is 0 Å². The average Bonchev–Trinajstić information content (AvgIpc) is 2.56. The zero-order valence-electron chi connectivity index (χ0n) is 14.1. The van der Waals surface area contributed by atoms with Gasteiger partial charge in [-0.2, -0.15) is 0 Å². The molecule has 2 amide bonds. The zero-order chi connectivity index (χ0) is 18.2. The maximum atomic E-state index is 12.1. The summed E-state index contributed by atoms with van der Waals surface area (Å²) in [5.74, 6) is 0.288. The molecule has 2 rings (SSSR count). The molecule has 6 nitrogen and oxygen atoms in total. The minimum atomic E-state index is -0.150. The Morgan fingerprint density at radius 2 is 1.72 bits per heavy atom. The molecule has 0 aliphatic rings. The van der Waals surface area contributed by atoms with E-state index < -0.39 is 0 Å². The first-order chi connectivity index (χ1) is 12.0. The van der Waals surface area contributed by atoms with E-state index in [4.69, 9.17) is 16.3 Å². The second kappa shape index (κ2) is 8.94. The van der Waals surface area contributed by atoms with Gasteiger partial charge in [-0.15, -0.1) is 0 Å². The maximum absolute atomic E-state index is 12.1. The van der Waals surface area contributed by atoms with E-state index >= 15 is 0 Å². The lowest BCUT2D eigenvalue weighted by molar-refractivity contribution is -0.116. The van der Waals surface area contributed by atoms with E-state index in [0.29, 0.717) is 23.0 Å². The number of carbonyl (C=O) groups excluding carboxylic acids is 2. The van der Waals surface area contributed by atoms with Gasteiger partial charge in [-0.3, -0.25) is 9.59 Å². The Bertz CT molecular complexity index is 748. The lowest BCUT2D eigenvalue weighted by atomic mass is 10.2. The molecule has 0 fully saturated rings. The van der Waals surface area contributed by atoms with Crippen molar-refractivity contribution in [1.82, 2.24) is 0 Å². The molecule has 0 atom stereocenters. The van der Waals surface area contributed by atoms with Crippen LogP contribution < -0.4 is 20.7 Å². The van der Waals surface area contributed by atoms with Gasteiger partial charge in [0.05, 0.1) is 12.8 Å². The minimum Gasteiger partial charge on any atom is -0.495 e. The number of hydrogen-bond donors (Lipinski definition) is 3. The lowest BCUT2D eigenvalue weighted by Gasteiger charge is -2.11. The summed E-state index contributed by atoms with van der Waals surface area (Å²) in [5, 5.41) is 9.15. The number of nitrogens with one attached hydrogen (secondary N) is 3. The van der Waals surface area contributed by atoms with Crippen LogP contribution >= 0.6 is 11.6 Å². The molecule has 0 saturated carbocycles. The predicted molar refractivity (Wildman–Crippen MR) is 100 cm³/mol. The van der Waals surface area contributed by atoms with Gasteiger partial charge >= 0.3 is 0 Å². The number of rotatable bonds is 7. The molecule has 0 heterocycles. The van der Waals surface area contributed by atoms with Crippen molar-refractivity contribution in [3.63, 3.8) is 0 Å². The Hall–Kier alpha value is -2.73. The van der Waals surface area contributed by atoms with Crippen molar-refractivity contribution >= 4 is 40.5 Å². The summed E-state index contributed by atoms with van der Waals surface area (Å²) in [7, 11) is 1.53. The summed E-state index contributed by atoms with van der Waals surface area (Å²) < 4.78 is 5.19. The van der Waals surface area contributed by atoms with Crippen molar-refractivity contribution in [2.75, 3.05) is 29.6 Å². The van der Waals surface area contributed by atoms with Gasteiger partial charge in [0.2, 0.25) is 11.8 Å². The van der Waals surface area contributed by atoms with Crippen LogP contribution in [0.25, 0.3) is 0 Å². The molecule has 7 heteroatoms. The number of carbonyl (C=O) groups is 2. The van der Waals surface area contributed by atoms with E-state index in [0.717, 1.165) is 11.4 Å². The minimum absolute atomic E-state index is 0.117. The topological polar surface area (TPSA) is 79.5 Å². The summed E-state index contributed by atoms with van der Waals surface area (Å²) >= 11 is 5.94. The molecule has 2 aromatic rings. The highest BCUT2D eigenvalue weighted by Crippen LogP contribution is 2.27. The number of amides is 2. The van der Waals surface area contributed by atoms with Gasteiger partial charge in [0.15, 0.2) is 0 Å².